The maximum Gasteiger partial charge on any atom is 0.313 e. The quantitative estimate of drug-likeness (QED) is 0.685. The second-order valence-corrected chi connectivity index (χ2v) is 3.38. The number of hydrogen-bond acceptors (Lipinski definition) is 3. The highest BCUT2D eigenvalue weighted by molar-refractivity contribution is 5.92. The third-order valence-corrected chi connectivity index (χ3v) is 2.29. The number of nitrogens with zero attached hydrogens (tertiary/aromatic N) is 1. The lowest BCUT2D eigenvalue weighted by Gasteiger charge is -2.25. The minimum absolute atomic E-state index is 0.174. The van der Waals surface area contributed by atoms with Crippen LogP contribution in [0.3, 0.4) is 0 Å². The first kappa shape index (κ1) is 9.27. The fourth-order valence-electron chi connectivity index (χ4n) is 1.46. The molecule has 0 N–H and O–H groups in total. The Balaban J connectivity index is 2.11. The van der Waals surface area contributed by atoms with Crippen LogP contribution in [-0.4, -0.2) is 24.1 Å². The highest BCUT2D eigenvalue weighted by atomic mass is 16.7. The van der Waals surface area contributed by atoms with Gasteiger partial charge in [-0.1, -0.05) is 0 Å². The fourth-order valence-corrected chi connectivity index (χ4v) is 1.46. The van der Waals surface area contributed by atoms with E-state index in [1.165, 1.54) is 11.3 Å². The van der Waals surface area contributed by atoms with Crippen molar-refractivity contribution < 1.29 is 14.0 Å². The fraction of sp³-hybridized carbons (Fsp3) is 0.500. The van der Waals surface area contributed by atoms with Crippen LogP contribution >= 0.6 is 0 Å². The summed E-state index contributed by atoms with van der Waals surface area (Å²) in [7, 11) is 0. The minimum Gasteiger partial charge on any atom is -0.459 e. The van der Waals surface area contributed by atoms with Crippen LogP contribution in [0.1, 0.15) is 29.0 Å². The van der Waals surface area contributed by atoms with Crippen molar-refractivity contribution in [2.24, 2.45) is 0 Å². The molecule has 0 spiro atoms. The number of amides is 1. The van der Waals surface area contributed by atoms with E-state index in [1.54, 1.807) is 6.07 Å². The Morgan fingerprint density at radius 1 is 1.50 bits per heavy atom. The van der Waals surface area contributed by atoms with Crippen LogP contribution in [0, 0.1) is 6.92 Å². The molecule has 0 radical (unpaired) electrons. The summed E-state index contributed by atoms with van der Waals surface area (Å²) < 4.78 is 5.11. The van der Waals surface area contributed by atoms with E-state index < -0.39 is 0 Å². The van der Waals surface area contributed by atoms with E-state index in [0.29, 0.717) is 18.9 Å². The summed E-state index contributed by atoms with van der Waals surface area (Å²) in [6, 6.07) is 1.77. The Hall–Kier alpha value is -1.29. The average molecular weight is 195 g/mol. The van der Waals surface area contributed by atoms with E-state index in [2.05, 4.69) is 0 Å². The smallest absolute Gasteiger partial charge is 0.313 e. The molecule has 0 saturated carbocycles. The molecular weight excluding hydrogens is 182 g/mol. The van der Waals surface area contributed by atoms with E-state index in [9.17, 15) is 4.79 Å². The first-order valence-corrected chi connectivity index (χ1v) is 4.78. The van der Waals surface area contributed by atoms with Gasteiger partial charge in [-0.25, -0.2) is 5.06 Å². The molecule has 4 nitrogen and oxygen atoms in total. The summed E-state index contributed by atoms with van der Waals surface area (Å²) in [5.41, 5.74) is 0.851. The molecule has 76 valence electrons. The molecule has 2 rings (SSSR count). The largest absolute Gasteiger partial charge is 0.459 e. The Bertz CT molecular complexity index is 326. The van der Waals surface area contributed by atoms with Crippen LogP contribution in [0.25, 0.3) is 0 Å². The summed E-state index contributed by atoms with van der Waals surface area (Å²) in [6.45, 7) is 3.12. The summed E-state index contributed by atoms with van der Waals surface area (Å²) in [5, 5.41) is 1.38. The van der Waals surface area contributed by atoms with Gasteiger partial charge in [-0.3, -0.25) is 9.63 Å². The Morgan fingerprint density at radius 2 is 2.36 bits per heavy atom. The van der Waals surface area contributed by atoms with Crippen molar-refractivity contribution >= 4 is 5.91 Å². The zero-order valence-corrected chi connectivity index (χ0v) is 8.16. The second kappa shape index (κ2) is 3.84. The second-order valence-electron chi connectivity index (χ2n) is 3.38. The maximum absolute atomic E-state index is 11.8. The number of carbonyl (C=O) groups is 1. The van der Waals surface area contributed by atoms with Crippen LogP contribution in [-0.2, 0) is 4.84 Å². The zero-order chi connectivity index (χ0) is 9.97. The topological polar surface area (TPSA) is 42.7 Å². The molecule has 0 bridgehead atoms. The van der Waals surface area contributed by atoms with Gasteiger partial charge in [0.2, 0.25) is 0 Å². The number of aryl methyl sites for hydroxylation is 1. The molecule has 0 atom stereocenters. The van der Waals surface area contributed by atoms with E-state index in [0.717, 1.165) is 18.4 Å². The Kier molecular flexibility index (Phi) is 2.54. The standard InChI is InChI=1S/C10H13NO3/c1-8-4-7-13-9(8)10(12)11-5-2-3-6-14-11/h4,7H,2-3,5-6H2,1H3. The van der Waals surface area contributed by atoms with Gasteiger partial charge in [-0.05, 0) is 25.8 Å². The van der Waals surface area contributed by atoms with Crippen LogP contribution in [0.4, 0.5) is 0 Å². The van der Waals surface area contributed by atoms with Gasteiger partial charge >= 0.3 is 5.91 Å². The third kappa shape index (κ3) is 1.65. The van der Waals surface area contributed by atoms with Gasteiger partial charge in [0.15, 0.2) is 5.76 Å². The molecule has 14 heavy (non-hydrogen) atoms. The third-order valence-electron chi connectivity index (χ3n) is 2.29. The van der Waals surface area contributed by atoms with Crippen LogP contribution in [0.5, 0.6) is 0 Å². The lowest BCUT2D eigenvalue weighted by molar-refractivity contribution is -0.145. The molecule has 1 aliphatic heterocycles. The molecule has 4 heteroatoms. The van der Waals surface area contributed by atoms with Crippen molar-refractivity contribution in [2.75, 3.05) is 13.2 Å². The highest BCUT2D eigenvalue weighted by Crippen LogP contribution is 2.15. The van der Waals surface area contributed by atoms with Gasteiger partial charge in [-0.2, -0.15) is 0 Å². The maximum atomic E-state index is 11.8. The van der Waals surface area contributed by atoms with Crippen molar-refractivity contribution in [3.63, 3.8) is 0 Å². The predicted molar refractivity (Wildman–Crippen MR) is 49.7 cm³/mol. The lowest BCUT2D eigenvalue weighted by atomic mass is 10.2. The molecule has 1 aromatic rings. The van der Waals surface area contributed by atoms with Crippen molar-refractivity contribution in [3.8, 4) is 0 Å². The number of hydroxylamine groups is 2. The molecule has 1 fully saturated rings. The summed E-state index contributed by atoms with van der Waals surface area (Å²) in [6.07, 6.45) is 3.53. The van der Waals surface area contributed by atoms with Gasteiger partial charge in [0.05, 0.1) is 12.9 Å². The van der Waals surface area contributed by atoms with Crippen molar-refractivity contribution in [3.05, 3.63) is 23.7 Å². The number of carbonyl (C=O) groups excluding carboxylic acids is 1. The molecule has 1 saturated heterocycles. The predicted octanol–water partition coefficient (Wildman–Crippen LogP) is 1.76. The van der Waals surface area contributed by atoms with E-state index in [4.69, 9.17) is 9.25 Å². The highest BCUT2D eigenvalue weighted by Gasteiger charge is 2.23. The van der Waals surface area contributed by atoms with Gasteiger partial charge in [0, 0.05) is 12.1 Å². The molecule has 0 aromatic carbocycles. The molecule has 2 heterocycles. The van der Waals surface area contributed by atoms with Crippen molar-refractivity contribution in [1.82, 2.24) is 5.06 Å². The Labute approximate surface area is 82.4 Å². The molecule has 1 aliphatic rings. The van der Waals surface area contributed by atoms with Gasteiger partial charge < -0.3 is 4.42 Å². The monoisotopic (exact) mass is 195 g/mol. The molecule has 1 aromatic heterocycles. The molecule has 1 amide bonds. The summed E-state index contributed by atoms with van der Waals surface area (Å²) in [5.74, 6) is 0.208. The van der Waals surface area contributed by atoms with Gasteiger partial charge in [0.1, 0.15) is 0 Å². The van der Waals surface area contributed by atoms with Gasteiger partial charge in [-0.15, -0.1) is 0 Å². The normalized spacial score (nSPS) is 17.1. The number of rotatable bonds is 1. The van der Waals surface area contributed by atoms with E-state index in [-0.39, 0.29) is 5.91 Å². The summed E-state index contributed by atoms with van der Waals surface area (Å²) >= 11 is 0. The van der Waals surface area contributed by atoms with Crippen LogP contribution in [0.15, 0.2) is 16.7 Å². The molecule has 0 aliphatic carbocycles. The SMILES string of the molecule is Cc1ccoc1C(=O)N1CCCCO1. The molecule has 0 unspecified atom stereocenters. The van der Waals surface area contributed by atoms with E-state index >= 15 is 0 Å². The summed E-state index contributed by atoms with van der Waals surface area (Å²) in [4.78, 5) is 17.0. The Morgan fingerprint density at radius 3 is 2.93 bits per heavy atom. The zero-order valence-electron chi connectivity index (χ0n) is 8.16. The molecular formula is C10H13NO3. The minimum atomic E-state index is -0.174. The van der Waals surface area contributed by atoms with E-state index in [1.807, 2.05) is 6.92 Å². The first-order valence-electron chi connectivity index (χ1n) is 4.78. The lowest BCUT2D eigenvalue weighted by Crippen LogP contribution is -2.35. The van der Waals surface area contributed by atoms with Gasteiger partial charge in [0.25, 0.3) is 0 Å². The van der Waals surface area contributed by atoms with Crippen LogP contribution in [0.2, 0.25) is 0 Å². The van der Waals surface area contributed by atoms with Crippen molar-refractivity contribution in [1.29, 1.82) is 0 Å². The first-order chi connectivity index (χ1) is 6.79. The van der Waals surface area contributed by atoms with Crippen LogP contribution < -0.4 is 0 Å². The number of hydrogen-bond donors (Lipinski definition) is 0. The number of furan rings is 1. The average Bonchev–Trinajstić information content (AvgIpc) is 2.65. The van der Waals surface area contributed by atoms with Crippen molar-refractivity contribution in [2.45, 2.75) is 19.8 Å².